The van der Waals surface area contributed by atoms with Crippen LogP contribution in [-0.2, 0) is 23.3 Å². The number of fused-ring (bicyclic) bond motifs is 2. The van der Waals surface area contributed by atoms with Crippen LogP contribution in [-0.4, -0.2) is 36.8 Å². The van der Waals surface area contributed by atoms with Crippen LogP contribution in [0.25, 0.3) is 21.9 Å². The van der Waals surface area contributed by atoms with Crippen molar-refractivity contribution < 1.29 is 4.79 Å². The highest BCUT2D eigenvalue weighted by Gasteiger charge is 2.19. The number of rotatable bonds is 6. The molecule has 0 aliphatic carbocycles. The topological polar surface area (TPSA) is 97.6 Å². The van der Waals surface area contributed by atoms with Crippen molar-refractivity contribution in [1.82, 2.24) is 29.6 Å². The summed E-state index contributed by atoms with van der Waals surface area (Å²) in [5, 5.41) is 8.88. The first-order valence-corrected chi connectivity index (χ1v) is 10.1. The summed E-state index contributed by atoms with van der Waals surface area (Å²) in [6, 6.07) is 8.10. The van der Waals surface area contributed by atoms with Gasteiger partial charge < -0.3 is 10.3 Å². The molecule has 3 heterocycles. The van der Waals surface area contributed by atoms with E-state index in [1.54, 1.807) is 10.9 Å². The van der Waals surface area contributed by atoms with E-state index in [0.29, 0.717) is 17.6 Å². The quantitative estimate of drug-likeness (QED) is 0.514. The van der Waals surface area contributed by atoms with Gasteiger partial charge in [-0.3, -0.25) is 14.2 Å². The average molecular weight is 406 g/mol. The molecular formula is C22H26N6O2. The third-order valence-corrected chi connectivity index (χ3v) is 5.16. The summed E-state index contributed by atoms with van der Waals surface area (Å²) in [7, 11) is 0. The van der Waals surface area contributed by atoms with Crippen LogP contribution in [0, 0.1) is 0 Å². The Bertz CT molecular complexity index is 1260. The Morgan fingerprint density at radius 2 is 2.00 bits per heavy atom. The van der Waals surface area contributed by atoms with Crippen LogP contribution in [0.4, 0.5) is 0 Å². The van der Waals surface area contributed by atoms with Crippen molar-refractivity contribution in [1.29, 1.82) is 0 Å². The summed E-state index contributed by atoms with van der Waals surface area (Å²) in [5.74, 6) is -0.0905. The molecule has 4 rings (SSSR count). The Balaban J connectivity index is 1.35. The van der Waals surface area contributed by atoms with E-state index in [1.807, 2.05) is 45.2 Å². The molecule has 8 nitrogen and oxygen atoms in total. The second kappa shape index (κ2) is 7.78. The predicted octanol–water partition coefficient (Wildman–Crippen LogP) is 2.58. The van der Waals surface area contributed by atoms with Gasteiger partial charge in [-0.2, -0.15) is 5.10 Å². The molecule has 0 saturated heterocycles. The van der Waals surface area contributed by atoms with Crippen LogP contribution in [0.15, 0.2) is 47.8 Å². The predicted molar refractivity (Wildman–Crippen MR) is 116 cm³/mol. The number of nitrogens with zero attached hydrogens (tertiary/aromatic N) is 4. The lowest BCUT2D eigenvalue weighted by atomic mass is 10.1. The highest BCUT2D eigenvalue weighted by Crippen LogP contribution is 2.18. The van der Waals surface area contributed by atoms with E-state index in [0.717, 1.165) is 11.9 Å². The monoisotopic (exact) mass is 406 g/mol. The number of carbonyl (C=O) groups is 1. The molecule has 0 saturated carbocycles. The molecule has 156 valence electrons. The first kappa shape index (κ1) is 19.9. The zero-order valence-electron chi connectivity index (χ0n) is 17.5. The molecule has 4 aromatic rings. The summed E-state index contributed by atoms with van der Waals surface area (Å²) in [4.78, 5) is 32.6. The number of para-hydroxylation sites is 1. The lowest BCUT2D eigenvalue weighted by Gasteiger charge is -2.19. The van der Waals surface area contributed by atoms with Crippen LogP contribution in [0.3, 0.4) is 0 Å². The maximum Gasteiger partial charge on any atom is 0.264 e. The van der Waals surface area contributed by atoms with Crippen molar-refractivity contribution in [2.45, 2.75) is 45.7 Å². The highest BCUT2D eigenvalue weighted by molar-refractivity contribution is 5.83. The van der Waals surface area contributed by atoms with E-state index >= 15 is 0 Å². The van der Waals surface area contributed by atoms with Crippen LogP contribution >= 0.6 is 0 Å². The Labute approximate surface area is 173 Å². The summed E-state index contributed by atoms with van der Waals surface area (Å²) >= 11 is 0. The number of nitrogens with one attached hydrogen (secondary N) is 2. The molecule has 30 heavy (non-hydrogen) atoms. The SMILES string of the molecule is CC(C)(C)n1ncc2c(=O)n(CCC(=O)NCCc3c[nH]c4ccccc34)cnc21. The van der Waals surface area contributed by atoms with Crippen molar-refractivity contribution in [3.8, 4) is 0 Å². The van der Waals surface area contributed by atoms with Crippen LogP contribution in [0.1, 0.15) is 32.8 Å². The average Bonchev–Trinajstić information content (AvgIpc) is 3.32. The first-order valence-electron chi connectivity index (χ1n) is 10.1. The number of aryl methyl sites for hydroxylation is 1. The second-order valence-corrected chi connectivity index (χ2v) is 8.42. The van der Waals surface area contributed by atoms with E-state index < -0.39 is 0 Å². The summed E-state index contributed by atoms with van der Waals surface area (Å²) in [6.45, 7) is 6.85. The Kier molecular flexibility index (Phi) is 5.15. The summed E-state index contributed by atoms with van der Waals surface area (Å²) in [6.07, 6.45) is 5.99. The normalized spacial score (nSPS) is 12.0. The number of hydrogen-bond donors (Lipinski definition) is 2. The number of benzene rings is 1. The molecule has 0 atom stereocenters. The molecule has 0 bridgehead atoms. The number of aromatic amines is 1. The molecule has 0 radical (unpaired) electrons. The summed E-state index contributed by atoms with van der Waals surface area (Å²) < 4.78 is 3.21. The Morgan fingerprint density at radius 3 is 2.80 bits per heavy atom. The van der Waals surface area contributed by atoms with Crippen LogP contribution in [0.5, 0.6) is 0 Å². The molecule has 1 aromatic carbocycles. The van der Waals surface area contributed by atoms with Gasteiger partial charge in [0.1, 0.15) is 5.39 Å². The minimum atomic E-state index is -0.266. The summed E-state index contributed by atoms with van der Waals surface area (Å²) in [5.41, 5.74) is 2.38. The lowest BCUT2D eigenvalue weighted by Crippen LogP contribution is -2.29. The second-order valence-electron chi connectivity index (χ2n) is 8.42. The fourth-order valence-corrected chi connectivity index (χ4v) is 3.58. The van der Waals surface area contributed by atoms with Gasteiger partial charge in [0.15, 0.2) is 5.65 Å². The smallest absolute Gasteiger partial charge is 0.264 e. The van der Waals surface area contributed by atoms with Crippen molar-refractivity contribution in [2.75, 3.05) is 6.54 Å². The molecule has 0 aliphatic rings. The molecule has 3 aromatic heterocycles. The standard InChI is InChI=1S/C22H26N6O2/c1-22(2,3)28-20-17(13-26-28)21(30)27(14-25-20)11-9-19(29)23-10-8-15-12-24-18-7-5-4-6-16(15)18/h4-7,12-14,24H,8-11H2,1-3H3,(H,23,29). The van der Waals surface area contributed by atoms with E-state index in [9.17, 15) is 9.59 Å². The number of hydrogen-bond acceptors (Lipinski definition) is 4. The zero-order chi connectivity index (χ0) is 21.3. The van der Waals surface area contributed by atoms with Gasteiger partial charge in [0.25, 0.3) is 5.56 Å². The molecule has 0 spiro atoms. The minimum absolute atomic E-state index is 0.0905. The molecule has 2 N–H and O–H groups in total. The van der Waals surface area contributed by atoms with Crippen molar-refractivity contribution in [3.63, 3.8) is 0 Å². The Hall–Kier alpha value is -3.42. The third kappa shape index (κ3) is 3.85. The zero-order valence-corrected chi connectivity index (χ0v) is 17.5. The van der Waals surface area contributed by atoms with Crippen molar-refractivity contribution in [2.24, 2.45) is 0 Å². The minimum Gasteiger partial charge on any atom is -0.361 e. The highest BCUT2D eigenvalue weighted by atomic mass is 16.1. The molecule has 0 fully saturated rings. The maximum atomic E-state index is 12.7. The van der Waals surface area contributed by atoms with Crippen LogP contribution < -0.4 is 10.9 Å². The van der Waals surface area contributed by atoms with E-state index in [2.05, 4.69) is 26.4 Å². The fraction of sp³-hybridized carbons (Fsp3) is 0.364. The molecule has 1 amide bonds. The van der Waals surface area contributed by atoms with Gasteiger partial charge >= 0.3 is 0 Å². The number of carbonyl (C=O) groups excluding carboxylic acids is 1. The number of H-pyrrole nitrogens is 1. The number of amides is 1. The van der Waals surface area contributed by atoms with Gasteiger partial charge in [0, 0.05) is 36.6 Å². The maximum absolute atomic E-state index is 12.7. The van der Waals surface area contributed by atoms with Crippen molar-refractivity contribution in [3.05, 3.63) is 58.9 Å². The van der Waals surface area contributed by atoms with Gasteiger partial charge in [-0.1, -0.05) is 18.2 Å². The van der Waals surface area contributed by atoms with Crippen molar-refractivity contribution >= 4 is 27.8 Å². The Morgan fingerprint density at radius 1 is 1.20 bits per heavy atom. The molecule has 0 aliphatic heterocycles. The first-order chi connectivity index (χ1) is 14.3. The van der Waals surface area contributed by atoms with Gasteiger partial charge in [0.2, 0.25) is 5.91 Å². The van der Waals surface area contributed by atoms with E-state index in [4.69, 9.17) is 0 Å². The molecule has 0 unspecified atom stereocenters. The van der Waals surface area contributed by atoms with Gasteiger partial charge in [-0.15, -0.1) is 0 Å². The van der Waals surface area contributed by atoms with Gasteiger partial charge in [0.05, 0.1) is 18.1 Å². The number of aromatic nitrogens is 5. The lowest BCUT2D eigenvalue weighted by molar-refractivity contribution is -0.121. The largest absolute Gasteiger partial charge is 0.361 e. The fourth-order valence-electron chi connectivity index (χ4n) is 3.58. The van der Waals surface area contributed by atoms with E-state index in [1.165, 1.54) is 21.8 Å². The third-order valence-electron chi connectivity index (χ3n) is 5.16. The van der Waals surface area contributed by atoms with E-state index in [-0.39, 0.29) is 30.0 Å². The van der Waals surface area contributed by atoms with Gasteiger partial charge in [-0.05, 0) is 38.8 Å². The molecular weight excluding hydrogens is 380 g/mol. The van der Waals surface area contributed by atoms with Gasteiger partial charge in [-0.25, -0.2) is 9.67 Å². The molecule has 8 heteroatoms. The van der Waals surface area contributed by atoms with Crippen LogP contribution in [0.2, 0.25) is 0 Å².